The van der Waals surface area contributed by atoms with Gasteiger partial charge < -0.3 is 0 Å². The topological polar surface area (TPSA) is 0 Å². The van der Waals surface area contributed by atoms with E-state index in [2.05, 4.69) is 49.0 Å². The molecule has 1 aliphatic rings. The summed E-state index contributed by atoms with van der Waals surface area (Å²) in [6.07, 6.45) is 6.81. The lowest BCUT2D eigenvalue weighted by molar-refractivity contribution is 0.423. The third kappa shape index (κ3) is 3.74. The van der Waals surface area contributed by atoms with Crippen molar-refractivity contribution in [2.45, 2.75) is 44.7 Å². The van der Waals surface area contributed by atoms with E-state index in [-0.39, 0.29) is 7.30 Å². The molecule has 6 atom stereocenters. The van der Waals surface area contributed by atoms with Gasteiger partial charge in [-0.1, -0.05) is 59.3 Å². The molecular weight excluding hydrogens is 292 g/mol. The van der Waals surface area contributed by atoms with Crippen molar-refractivity contribution in [2.24, 2.45) is 5.92 Å². The van der Waals surface area contributed by atoms with Crippen LogP contribution >= 0.6 is 33.1 Å². The molecule has 0 heterocycles. The summed E-state index contributed by atoms with van der Waals surface area (Å²) in [5.74, 6) is 0.927. The van der Waals surface area contributed by atoms with Gasteiger partial charge in [0.25, 0.3) is 0 Å². The van der Waals surface area contributed by atoms with E-state index in [1.54, 1.807) is 11.1 Å². The van der Waals surface area contributed by atoms with E-state index in [1.807, 2.05) is 0 Å². The first-order chi connectivity index (χ1) is 8.76. The maximum atomic E-state index is 3.16. The summed E-state index contributed by atoms with van der Waals surface area (Å²) in [6, 6.07) is 9.10. The van der Waals surface area contributed by atoms with Crippen LogP contribution in [0, 0.1) is 5.92 Å². The van der Waals surface area contributed by atoms with Gasteiger partial charge in [-0.05, 0) is 42.0 Å². The molecule has 0 aromatic heterocycles. The van der Waals surface area contributed by atoms with Crippen molar-refractivity contribution in [2.75, 3.05) is 0 Å². The Labute approximate surface area is 119 Å². The van der Waals surface area contributed by atoms with E-state index in [0.29, 0.717) is 0 Å². The maximum Gasteiger partial charge on any atom is -0.00639 e. The van der Waals surface area contributed by atoms with Gasteiger partial charge in [-0.3, -0.25) is 0 Å². The molecule has 0 fully saturated rings. The molecule has 0 saturated heterocycles. The molecule has 1 aromatic carbocycles. The number of unbranched alkanes of at least 4 members (excludes halogenated alkanes) is 1. The van der Waals surface area contributed by atoms with Gasteiger partial charge in [-0.15, -0.1) is 17.9 Å². The van der Waals surface area contributed by atoms with Crippen LogP contribution in [0.2, 0.25) is 0 Å². The average Bonchev–Trinajstić information content (AvgIpc) is 2.43. The van der Waals surface area contributed by atoms with Gasteiger partial charge in [-0.2, -0.15) is 0 Å². The van der Waals surface area contributed by atoms with E-state index in [1.165, 1.54) is 32.1 Å². The molecule has 0 nitrogen and oxygen atoms in total. The Balaban J connectivity index is 2.16. The highest BCUT2D eigenvalue weighted by Crippen LogP contribution is 2.71. The Morgan fingerprint density at radius 1 is 1.28 bits per heavy atom. The van der Waals surface area contributed by atoms with Gasteiger partial charge in [0.2, 0.25) is 0 Å². The minimum atomic E-state index is 0.131. The maximum absolute atomic E-state index is 3.16. The number of fused-ring (bicyclic) bond motifs is 1. The van der Waals surface area contributed by atoms with E-state index < -0.39 is 0 Å². The number of hydrogen-bond acceptors (Lipinski definition) is 0. The van der Waals surface area contributed by atoms with Crippen LogP contribution in [0.1, 0.15) is 37.3 Å². The molecule has 1 aliphatic carbocycles. The van der Waals surface area contributed by atoms with Gasteiger partial charge in [0, 0.05) is 0 Å². The molecule has 4 heteroatoms. The Morgan fingerprint density at radius 3 is 2.56 bits per heavy atom. The van der Waals surface area contributed by atoms with Gasteiger partial charge in [-0.25, -0.2) is 0 Å². The fourth-order valence-corrected chi connectivity index (χ4v) is 8.49. The predicted octanol–water partition coefficient (Wildman–Crippen LogP) is 5.62. The standard InChI is InChI=1S/C14H24P4/c1-2-3-6-13-9-11-7-4-5-8-12(11)10-14(13)18(16)17-15/h4-5,7-8,13-14,17H,2-3,6,9-10,15-16H2,1H3. The first kappa shape index (κ1) is 15.3. The van der Waals surface area contributed by atoms with E-state index >= 15 is 0 Å². The minimum Gasteiger partial charge on any atom is -0.110 e. The predicted molar refractivity (Wildman–Crippen MR) is 95.3 cm³/mol. The Morgan fingerprint density at radius 2 is 1.94 bits per heavy atom. The van der Waals surface area contributed by atoms with E-state index in [9.17, 15) is 0 Å². The van der Waals surface area contributed by atoms with Gasteiger partial charge in [0.05, 0.1) is 0 Å². The second-order valence-corrected chi connectivity index (χ2v) is 14.8. The summed E-state index contributed by atoms with van der Waals surface area (Å²) in [4.78, 5) is 0. The molecule has 0 N–H and O–H groups in total. The van der Waals surface area contributed by atoms with E-state index in [4.69, 9.17) is 0 Å². The highest BCUT2D eigenvalue weighted by Gasteiger charge is 2.30. The highest BCUT2D eigenvalue weighted by atomic mass is 32.6. The van der Waals surface area contributed by atoms with Crippen molar-refractivity contribution in [1.82, 2.24) is 0 Å². The van der Waals surface area contributed by atoms with Crippen molar-refractivity contribution in [3.63, 3.8) is 0 Å². The summed E-state index contributed by atoms with van der Waals surface area (Å²) < 4.78 is 0. The number of rotatable bonds is 5. The van der Waals surface area contributed by atoms with Crippen LogP contribution in [0.25, 0.3) is 0 Å². The van der Waals surface area contributed by atoms with Crippen LogP contribution in [0.5, 0.6) is 0 Å². The molecule has 18 heavy (non-hydrogen) atoms. The van der Waals surface area contributed by atoms with Crippen LogP contribution < -0.4 is 0 Å². The van der Waals surface area contributed by atoms with Crippen molar-refractivity contribution < 1.29 is 0 Å². The zero-order chi connectivity index (χ0) is 13.0. The normalized spacial score (nSPS) is 25.3. The molecule has 0 spiro atoms. The van der Waals surface area contributed by atoms with Gasteiger partial charge >= 0.3 is 0 Å². The lowest BCUT2D eigenvalue weighted by atomic mass is 9.81. The molecule has 0 radical (unpaired) electrons. The quantitative estimate of drug-likeness (QED) is 0.619. The molecule has 0 aliphatic heterocycles. The summed E-state index contributed by atoms with van der Waals surface area (Å²) >= 11 is 0. The third-order valence-electron chi connectivity index (χ3n) is 4.01. The molecule has 6 unspecified atom stereocenters. The summed E-state index contributed by atoms with van der Waals surface area (Å²) in [6.45, 7) is 2.31. The van der Waals surface area contributed by atoms with Crippen LogP contribution in [0.15, 0.2) is 24.3 Å². The largest absolute Gasteiger partial charge is 0.110 e. The number of hydrogen-bond donors (Lipinski definition) is 0. The lowest BCUT2D eigenvalue weighted by Crippen LogP contribution is -2.27. The second kappa shape index (κ2) is 7.65. The molecule has 0 amide bonds. The fraction of sp³-hybridized carbons (Fsp3) is 0.571. The summed E-state index contributed by atoms with van der Waals surface area (Å²) in [5, 5.41) is 0. The zero-order valence-electron chi connectivity index (χ0n) is 11.1. The summed E-state index contributed by atoms with van der Waals surface area (Å²) in [5.41, 5.74) is 4.17. The van der Waals surface area contributed by atoms with Crippen molar-refractivity contribution in [3.8, 4) is 0 Å². The first-order valence-electron chi connectivity index (χ1n) is 6.83. The van der Waals surface area contributed by atoms with Gasteiger partial charge in [0.15, 0.2) is 0 Å². The Kier molecular flexibility index (Phi) is 6.52. The molecule has 0 saturated carbocycles. The second-order valence-electron chi connectivity index (χ2n) is 5.18. The first-order valence-corrected chi connectivity index (χ1v) is 13.5. The van der Waals surface area contributed by atoms with Crippen molar-refractivity contribution >= 4 is 33.1 Å². The summed E-state index contributed by atoms with van der Waals surface area (Å²) in [7, 11) is 7.31. The van der Waals surface area contributed by atoms with Crippen LogP contribution in [-0.4, -0.2) is 5.66 Å². The zero-order valence-corrected chi connectivity index (χ0v) is 15.3. The molecule has 0 bridgehead atoms. The lowest BCUT2D eigenvalue weighted by Gasteiger charge is -2.36. The van der Waals surface area contributed by atoms with Crippen LogP contribution in [0.3, 0.4) is 0 Å². The minimum absolute atomic E-state index is 0.131. The fourth-order valence-electron chi connectivity index (χ4n) is 2.95. The van der Waals surface area contributed by atoms with Crippen molar-refractivity contribution in [3.05, 3.63) is 35.4 Å². The van der Waals surface area contributed by atoms with Crippen molar-refractivity contribution in [1.29, 1.82) is 0 Å². The molecule has 1 aromatic rings. The van der Waals surface area contributed by atoms with E-state index in [0.717, 1.165) is 19.5 Å². The Hall–Kier alpha value is 0.940. The smallest absolute Gasteiger partial charge is 0.00639 e. The third-order valence-corrected chi connectivity index (χ3v) is 15.4. The molecular formula is C14H24P4. The SMILES string of the molecule is CCCCC1Cc2ccccc2CC1P(P)PP. The highest BCUT2D eigenvalue weighted by molar-refractivity contribution is 8.61. The molecule has 2 rings (SSSR count). The van der Waals surface area contributed by atoms with Gasteiger partial charge in [0.1, 0.15) is 0 Å². The average molecular weight is 316 g/mol. The monoisotopic (exact) mass is 316 g/mol. The molecule has 100 valence electrons. The number of benzene rings is 1. The van der Waals surface area contributed by atoms with Crippen LogP contribution in [-0.2, 0) is 12.8 Å². The Bertz CT molecular complexity index is 380. The van der Waals surface area contributed by atoms with Crippen LogP contribution in [0.4, 0.5) is 0 Å².